The van der Waals surface area contributed by atoms with E-state index in [1.165, 1.54) is 0 Å². The van der Waals surface area contributed by atoms with Gasteiger partial charge in [0.05, 0.1) is 5.92 Å². The Kier molecular flexibility index (Phi) is 5.67. The summed E-state index contributed by atoms with van der Waals surface area (Å²) in [6.07, 6.45) is 1.49. The fourth-order valence-corrected chi connectivity index (χ4v) is 2.99. The lowest BCUT2D eigenvalue weighted by molar-refractivity contribution is -0.128. The number of halogens is 2. The van der Waals surface area contributed by atoms with Crippen molar-refractivity contribution in [2.24, 2.45) is 5.92 Å². The van der Waals surface area contributed by atoms with Gasteiger partial charge in [-0.15, -0.1) is 12.4 Å². The molecule has 0 saturated carbocycles. The van der Waals surface area contributed by atoms with Crippen LogP contribution in [0.5, 0.6) is 0 Å². The van der Waals surface area contributed by atoms with E-state index in [4.69, 9.17) is 11.6 Å². The highest BCUT2D eigenvalue weighted by Gasteiger charge is 2.35. The first-order valence-electron chi connectivity index (χ1n) is 7.23. The molecule has 22 heavy (non-hydrogen) atoms. The second-order valence-electron chi connectivity index (χ2n) is 5.51. The Labute approximate surface area is 140 Å². The summed E-state index contributed by atoms with van der Waals surface area (Å²) in [7, 11) is 0. The van der Waals surface area contributed by atoms with E-state index in [1.807, 2.05) is 12.1 Å². The topological polar surface area (TPSA) is 61.4 Å². The summed E-state index contributed by atoms with van der Waals surface area (Å²) in [5, 5.41) is 6.69. The van der Waals surface area contributed by atoms with Gasteiger partial charge in [0.25, 0.3) is 0 Å². The third-order valence-electron chi connectivity index (χ3n) is 4.09. The van der Waals surface area contributed by atoms with E-state index in [1.54, 1.807) is 17.0 Å². The van der Waals surface area contributed by atoms with Crippen LogP contribution in [-0.2, 0) is 9.59 Å². The molecule has 120 valence electrons. The van der Waals surface area contributed by atoms with Gasteiger partial charge in [-0.25, -0.2) is 0 Å². The molecule has 2 amide bonds. The van der Waals surface area contributed by atoms with Crippen LogP contribution >= 0.6 is 24.0 Å². The summed E-state index contributed by atoms with van der Waals surface area (Å²) in [5.41, 5.74) is 0.823. The second kappa shape index (κ2) is 7.31. The van der Waals surface area contributed by atoms with Crippen molar-refractivity contribution in [3.8, 4) is 0 Å². The molecule has 2 aliphatic heterocycles. The Hall–Kier alpha value is -1.30. The highest BCUT2D eigenvalue weighted by molar-refractivity contribution is 6.30. The number of nitrogens with zero attached hydrogens (tertiary/aromatic N) is 1. The van der Waals surface area contributed by atoms with Crippen molar-refractivity contribution in [2.75, 3.05) is 24.5 Å². The zero-order chi connectivity index (χ0) is 14.8. The average Bonchev–Trinajstić information content (AvgIpc) is 3.11. The van der Waals surface area contributed by atoms with Gasteiger partial charge >= 0.3 is 0 Å². The van der Waals surface area contributed by atoms with Crippen molar-refractivity contribution < 1.29 is 9.59 Å². The Morgan fingerprint density at radius 2 is 2.00 bits per heavy atom. The molecule has 2 aliphatic rings. The quantitative estimate of drug-likeness (QED) is 0.876. The fourth-order valence-electron chi connectivity index (χ4n) is 2.86. The lowest BCUT2D eigenvalue weighted by Gasteiger charge is -2.18. The van der Waals surface area contributed by atoms with Crippen LogP contribution in [0, 0.1) is 5.92 Å². The van der Waals surface area contributed by atoms with Crippen LogP contribution in [0.15, 0.2) is 24.3 Å². The van der Waals surface area contributed by atoms with Gasteiger partial charge in [-0.2, -0.15) is 0 Å². The number of nitrogens with one attached hydrogen (secondary N) is 2. The molecule has 2 unspecified atom stereocenters. The van der Waals surface area contributed by atoms with Crippen molar-refractivity contribution in [3.63, 3.8) is 0 Å². The van der Waals surface area contributed by atoms with Crippen molar-refractivity contribution in [2.45, 2.75) is 18.9 Å². The number of carbonyl (C=O) groups excluding carboxylic acids is 2. The highest BCUT2D eigenvalue weighted by atomic mass is 35.5. The first-order valence-corrected chi connectivity index (χ1v) is 7.61. The molecule has 2 fully saturated rings. The highest BCUT2D eigenvalue weighted by Crippen LogP contribution is 2.23. The van der Waals surface area contributed by atoms with E-state index in [2.05, 4.69) is 10.6 Å². The van der Waals surface area contributed by atoms with E-state index >= 15 is 0 Å². The maximum absolute atomic E-state index is 12.4. The zero-order valence-corrected chi connectivity index (χ0v) is 13.6. The van der Waals surface area contributed by atoms with Crippen LogP contribution in [0.4, 0.5) is 5.69 Å². The van der Waals surface area contributed by atoms with E-state index in [0.29, 0.717) is 24.5 Å². The van der Waals surface area contributed by atoms with Gasteiger partial charge in [0.2, 0.25) is 11.8 Å². The standard InChI is InChI=1S/C15H18ClN3O2.ClH/c16-11-1-3-12(4-2-11)19-8-6-13(15(19)21)18-14(20)10-5-7-17-9-10;/h1-4,10,13,17H,5-9H2,(H,18,20);1H. The van der Waals surface area contributed by atoms with Crippen LogP contribution in [0.3, 0.4) is 0 Å². The first-order chi connectivity index (χ1) is 10.1. The Balaban J connectivity index is 0.00000176. The van der Waals surface area contributed by atoms with Crippen molar-refractivity contribution in [1.29, 1.82) is 0 Å². The Morgan fingerprint density at radius 1 is 1.27 bits per heavy atom. The normalized spacial score (nSPS) is 24.2. The summed E-state index contributed by atoms with van der Waals surface area (Å²) in [4.78, 5) is 26.2. The maximum Gasteiger partial charge on any atom is 0.249 e. The third kappa shape index (κ3) is 3.54. The van der Waals surface area contributed by atoms with Crippen molar-refractivity contribution in [3.05, 3.63) is 29.3 Å². The molecule has 2 N–H and O–H groups in total. The zero-order valence-electron chi connectivity index (χ0n) is 12.0. The smallest absolute Gasteiger partial charge is 0.249 e. The molecule has 5 nitrogen and oxygen atoms in total. The molecule has 3 rings (SSSR count). The minimum absolute atomic E-state index is 0. The number of hydrogen-bond acceptors (Lipinski definition) is 3. The molecule has 2 heterocycles. The molecule has 7 heteroatoms. The van der Waals surface area contributed by atoms with Crippen LogP contribution < -0.4 is 15.5 Å². The van der Waals surface area contributed by atoms with Gasteiger partial charge in [-0.3, -0.25) is 9.59 Å². The minimum Gasteiger partial charge on any atom is -0.344 e. The number of anilines is 1. The van der Waals surface area contributed by atoms with Gasteiger partial charge in [0, 0.05) is 23.8 Å². The Bertz CT molecular complexity index is 544. The second-order valence-corrected chi connectivity index (χ2v) is 5.94. The molecule has 2 atom stereocenters. The molecular weight excluding hydrogens is 325 g/mol. The number of hydrogen-bond donors (Lipinski definition) is 2. The van der Waals surface area contributed by atoms with Crippen molar-refractivity contribution in [1.82, 2.24) is 10.6 Å². The van der Waals surface area contributed by atoms with Crippen LogP contribution in [0.1, 0.15) is 12.8 Å². The lowest BCUT2D eigenvalue weighted by atomic mass is 10.1. The Morgan fingerprint density at radius 3 is 2.64 bits per heavy atom. The number of benzene rings is 1. The molecular formula is C15H19Cl2N3O2. The van der Waals surface area contributed by atoms with E-state index in [9.17, 15) is 9.59 Å². The largest absolute Gasteiger partial charge is 0.344 e. The maximum atomic E-state index is 12.4. The van der Waals surface area contributed by atoms with Crippen LogP contribution in [0.25, 0.3) is 0 Å². The molecule has 0 radical (unpaired) electrons. The molecule has 2 saturated heterocycles. The molecule has 0 bridgehead atoms. The molecule has 1 aromatic carbocycles. The van der Waals surface area contributed by atoms with Crippen LogP contribution in [-0.4, -0.2) is 37.5 Å². The first kappa shape index (κ1) is 17.1. The van der Waals surface area contributed by atoms with E-state index < -0.39 is 6.04 Å². The van der Waals surface area contributed by atoms with Gasteiger partial charge in [-0.05, 0) is 43.7 Å². The summed E-state index contributed by atoms with van der Waals surface area (Å²) < 4.78 is 0. The number of carbonyl (C=O) groups is 2. The lowest BCUT2D eigenvalue weighted by Crippen LogP contribution is -2.44. The predicted molar refractivity (Wildman–Crippen MR) is 88.6 cm³/mol. The van der Waals surface area contributed by atoms with Gasteiger partial charge in [0.1, 0.15) is 6.04 Å². The summed E-state index contributed by atoms with van der Waals surface area (Å²) >= 11 is 5.86. The molecule has 1 aromatic rings. The van der Waals surface area contributed by atoms with Gasteiger partial charge < -0.3 is 15.5 Å². The average molecular weight is 344 g/mol. The summed E-state index contributed by atoms with van der Waals surface area (Å²) in [6.45, 7) is 2.19. The number of rotatable bonds is 3. The molecule has 0 aromatic heterocycles. The number of amides is 2. The van der Waals surface area contributed by atoms with E-state index in [-0.39, 0.29) is 30.1 Å². The SMILES string of the molecule is Cl.O=C(NC1CCN(c2ccc(Cl)cc2)C1=O)C1CCNC1. The van der Waals surface area contributed by atoms with Gasteiger partial charge in [-0.1, -0.05) is 11.6 Å². The van der Waals surface area contributed by atoms with Crippen molar-refractivity contribution >= 4 is 41.5 Å². The fraction of sp³-hybridized carbons (Fsp3) is 0.467. The third-order valence-corrected chi connectivity index (χ3v) is 4.34. The van der Waals surface area contributed by atoms with E-state index in [0.717, 1.165) is 18.7 Å². The predicted octanol–water partition coefficient (Wildman–Crippen LogP) is 1.59. The summed E-state index contributed by atoms with van der Waals surface area (Å²) in [6, 6.07) is 6.77. The minimum atomic E-state index is -0.409. The monoisotopic (exact) mass is 343 g/mol. The van der Waals surface area contributed by atoms with Gasteiger partial charge in [0.15, 0.2) is 0 Å². The molecule has 0 aliphatic carbocycles. The van der Waals surface area contributed by atoms with Crippen LogP contribution in [0.2, 0.25) is 5.02 Å². The summed E-state index contributed by atoms with van der Waals surface area (Å²) in [5.74, 6) is -0.0738. The molecule has 0 spiro atoms.